The molecule has 1 rings (SSSR count). The van der Waals surface area contributed by atoms with Gasteiger partial charge in [-0.2, -0.15) is 0 Å². The number of aryl methyl sites for hydroxylation is 3. The van der Waals surface area contributed by atoms with Gasteiger partial charge >= 0.3 is 5.97 Å². The SMILES string of the molecule is Cc1cc(C)c(CC(=O)N(CC(=O)O)C(C)C)c(C)c1. The first-order valence-corrected chi connectivity index (χ1v) is 6.80. The minimum Gasteiger partial charge on any atom is -0.480 e. The van der Waals surface area contributed by atoms with Crippen molar-refractivity contribution in [2.24, 2.45) is 0 Å². The lowest BCUT2D eigenvalue weighted by Crippen LogP contribution is -2.41. The van der Waals surface area contributed by atoms with Crippen LogP contribution in [-0.2, 0) is 16.0 Å². The Hall–Kier alpha value is -1.84. The van der Waals surface area contributed by atoms with E-state index in [9.17, 15) is 9.59 Å². The number of hydrogen-bond donors (Lipinski definition) is 1. The van der Waals surface area contributed by atoms with Crippen LogP contribution in [0.3, 0.4) is 0 Å². The molecule has 0 bridgehead atoms. The lowest BCUT2D eigenvalue weighted by molar-refractivity contribution is -0.145. The molecular weight excluding hydrogens is 254 g/mol. The standard InChI is InChI=1S/C16H23NO3/c1-10(2)17(9-16(19)20)15(18)8-14-12(4)6-11(3)7-13(14)5/h6-7,10H,8-9H2,1-5H3,(H,19,20). The molecule has 110 valence electrons. The number of rotatable bonds is 5. The molecule has 0 aliphatic carbocycles. The van der Waals surface area contributed by atoms with E-state index >= 15 is 0 Å². The molecule has 0 saturated carbocycles. The van der Waals surface area contributed by atoms with Gasteiger partial charge in [-0.25, -0.2) is 0 Å². The zero-order valence-corrected chi connectivity index (χ0v) is 12.9. The molecule has 4 nitrogen and oxygen atoms in total. The second kappa shape index (κ2) is 6.55. The van der Waals surface area contributed by atoms with E-state index in [0.717, 1.165) is 16.7 Å². The zero-order chi connectivity index (χ0) is 15.4. The minimum absolute atomic E-state index is 0.121. The highest BCUT2D eigenvalue weighted by Gasteiger charge is 2.21. The summed E-state index contributed by atoms with van der Waals surface area (Å²) in [4.78, 5) is 24.6. The maximum atomic E-state index is 12.3. The highest BCUT2D eigenvalue weighted by Crippen LogP contribution is 2.18. The van der Waals surface area contributed by atoms with E-state index in [1.165, 1.54) is 10.5 Å². The summed E-state index contributed by atoms with van der Waals surface area (Å²) in [6, 6.07) is 3.98. The molecule has 0 spiro atoms. The molecule has 1 amide bonds. The molecule has 0 heterocycles. The van der Waals surface area contributed by atoms with Gasteiger partial charge in [0.15, 0.2) is 0 Å². The van der Waals surface area contributed by atoms with Gasteiger partial charge < -0.3 is 10.0 Å². The summed E-state index contributed by atoms with van der Waals surface area (Å²) in [5.41, 5.74) is 4.32. The predicted octanol–water partition coefficient (Wildman–Crippen LogP) is 2.48. The minimum atomic E-state index is -0.982. The average molecular weight is 277 g/mol. The monoisotopic (exact) mass is 277 g/mol. The summed E-state index contributed by atoms with van der Waals surface area (Å²) >= 11 is 0. The van der Waals surface area contributed by atoms with Crippen LogP contribution in [0.15, 0.2) is 12.1 Å². The van der Waals surface area contributed by atoms with Gasteiger partial charge in [-0.1, -0.05) is 17.7 Å². The number of amides is 1. The normalized spacial score (nSPS) is 10.7. The van der Waals surface area contributed by atoms with Crippen LogP contribution in [0.5, 0.6) is 0 Å². The molecular formula is C16H23NO3. The molecule has 1 aromatic carbocycles. The van der Waals surface area contributed by atoms with E-state index in [2.05, 4.69) is 0 Å². The van der Waals surface area contributed by atoms with Crippen LogP contribution in [0.4, 0.5) is 0 Å². The Morgan fingerprint density at radius 1 is 1.15 bits per heavy atom. The lowest BCUT2D eigenvalue weighted by Gasteiger charge is -2.25. The topological polar surface area (TPSA) is 57.6 Å². The maximum absolute atomic E-state index is 12.3. The van der Waals surface area contributed by atoms with E-state index in [1.54, 1.807) is 0 Å². The fourth-order valence-corrected chi connectivity index (χ4v) is 2.45. The second-order valence-electron chi connectivity index (χ2n) is 5.56. The van der Waals surface area contributed by atoms with Crippen LogP contribution in [0.25, 0.3) is 0 Å². The number of carboxylic acid groups (broad SMARTS) is 1. The molecule has 20 heavy (non-hydrogen) atoms. The molecule has 1 aromatic rings. The van der Waals surface area contributed by atoms with Crippen LogP contribution >= 0.6 is 0 Å². The van der Waals surface area contributed by atoms with Gasteiger partial charge in [-0.05, 0) is 51.3 Å². The number of aliphatic carboxylic acids is 1. The van der Waals surface area contributed by atoms with Crippen LogP contribution in [0.2, 0.25) is 0 Å². The van der Waals surface area contributed by atoms with Crippen molar-refractivity contribution in [1.82, 2.24) is 4.90 Å². The molecule has 4 heteroatoms. The number of carbonyl (C=O) groups excluding carboxylic acids is 1. The van der Waals surface area contributed by atoms with Gasteiger partial charge in [0.1, 0.15) is 6.54 Å². The van der Waals surface area contributed by atoms with E-state index in [1.807, 2.05) is 46.8 Å². The number of carboxylic acids is 1. The van der Waals surface area contributed by atoms with Gasteiger partial charge in [0.25, 0.3) is 0 Å². The van der Waals surface area contributed by atoms with Gasteiger partial charge in [-0.15, -0.1) is 0 Å². The van der Waals surface area contributed by atoms with Gasteiger partial charge in [0.2, 0.25) is 5.91 Å². The van der Waals surface area contributed by atoms with Gasteiger partial charge in [0, 0.05) is 6.04 Å². The maximum Gasteiger partial charge on any atom is 0.323 e. The van der Waals surface area contributed by atoms with Gasteiger partial charge in [-0.3, -0.25) is 9.59 Å². The van der Waals surface area contributed by atoms with Crippen molar-refractivity contribution < 1.29 is 14.7 Å². The molecule has 0 aliphatic rings. The van der Waals surface area contributed by atoms with E-state index in [4.69, 9.17) is 5.11 Å². The van der Waals surface area contributed by atoms with E-state index in [0.29, 0.717) is 0 Å². The summed E-state index contributed by atoms with van der Waals surface area (Å²) in [6.45, 7) is 9.40. The first-order valence-electron chi connectivity index (χ1n) is 6.80. The van der Waals surface area contributed by atoms with E-state index in [-0.39, 0.29) is 24.9 Å². The lowest BCUT2D eigenvalue weighted by atomic mass is 9.97. The number of hydrogen-bond acceptors (Lipinski definition) is 2. The van der Waals surface area contributed by atoms with Gasteiger partial charge in [0.05, 0.1) is 6.42 Å². The zero-order valence-electron chi connectivity index (χ0n) is 12.9. The fourth-order valence-electron chi connectivity index (χ4n) is 2.45. The Balaban J connectivity index is 2.97. The number of carbonyl (C=O) groups is 2. The van der Waals surface area contributed by atoms with Crippen LogP contribution < -0.4 is 0 Å². The first-order chi connectivity index (χ1) is 9.22. The summed E-state index contributed by atoms with van der Waals surface area (Å²) < 4.78 is 0. The molecule has 0 fully saturated rings. The summed E-state index contributed by atoms with van der Waals surface area (Å²) in [6.07, 6.45) is 0.253. The molecule has 0 atom stereocenters. The van der Waals surface area contributed by atoms with Crippen molar-refractivity contribution in [2.45, 2.75) is 47.1 Å². The molecule has 0 radical (unpaired) electrons. The van der Waals surface area contributed by atoms with Crippen LogP contribution in [-0.4, -0.2) is 34.5 Å². The summed E-state index contributed by atoms with van der Waals surface area (Å²) in [5, 5.41) is 8.90. The molecule has 0 unspecified atom stereocenters. The van der Waals surface area contributed by atoms with E-state index < -0.39 is 5.97 Å². The van der Waals surface area contributed by atoms with Crippen molar-refractivity contribution in [3.05, 3.63) is 34.4 Å². The van der Waals surface area contributed by atoms with Crippen LogP contribution in [0.1, 0.15) is 36.1 Å². The Morgan fingerprint density at radius 3 is 2.05 bits per heavy atom. The summed E-state index contributed by atoms with van der Waals surface area (Å²) in [5.74, 6) is -1.12. The highest BCUT2D eigenvalue weighted by atomic mass is 16.4. The van der Waals surface area contributed by atoms with Crippen LogP contribution in [0, 0.1) is 20.8 Å². The Kier molecular flexibility index (Phi) is 5.31. The number of benzene rings is 1. The molecule has 1 N–H and O–H groups in total. The Labute approximate surface area is 120 Å². The predicted molar refractivity (Wildman–Crippen MR) is 78.8 cm³/mol. The smallest absolute Gasteiger partial charge is 0.323 e. The van der Waals surface area contributed by atoms with Crippen molar-refractivity contribution >= 4 is 11.9 Å². The third-order valence-corrected chi connectivity index (χ3v) is 3.42. The fraction of sp³-hybridized carbons (Fsp3) is 0.500. The first kappa shape index (κ1) is 16.2. The van der Waals surface area contributed by atoms with Crippen molar-refractivity contribution in [3.63, 3.8) is 0 Å². The number of nitrogens with zero attached hydrogens (tertiary/aromatic N) is 1. The largest absolute Gasteiger partial charge is 0.480 e. The quantitative estimate of drug-likeness (QED) is 0.899. The molecule has 0 aromatic heterocycles. The molecule has 0 aliphatic heterocycles. The van der Waals surface area contributed by atoms with Crippen molar-refractivity contribution in [1.29, 1.82) is 0 Å². The third-order valence-electron chi connectivity index (χ3n) is 3.42. The third kappa shape index (κ3) is 4.08. The second-order valence-corrected chi connectivity index (χ2v) is 5.56. The molecule has 0 saturated heterocycles. The Bertz CT molecular complexity index is 497. The van der Waals surface area contributed by atoms with Crippen molar-refractivity contribution in [3.8, 4) is 0 Å². The van der Waals surface area contributed by atoms with Crippen molar-refractivity contribution in [2.75, 3.05) is 6.54 Å². The highest BCUT2D eigenvalue weighted by molar-refractivity contribution is 5.83. The summed E-state index contributed by atoms with van der Waals surface area (Å²) in [7, 11) is 0. The average Bonchev–Trinajstić information content (AvgIpc) is 2.29. The Morgan fingerprint density at radius 2 is 1.65 bits per heavy atom.